The van der Waals surface area contributed by atoms with Crippen molar-refractivity contribution in [2.45, 2.75) is 32.6 Å². The average Bonchev–Trinajstić information content (AvgIpc) is 3.13. The van der Waals surface area contributed by atoms with Crippen molar-refractivity contribution in [3.05, 3.63) is 81.8 Å². The SMILES string of the molecule is C=C1CC/C=C/C(NC(=O)c2scnc2C2=CC(F)=CCC2)=C(F)\C=C(/C)N1. The van der Waals surface area contributed by atoms with Crippen LogP contribution in [-0.4, -0.2) is 10.9 Å². The fourth-order valence-corrected chi connectivity index (χ4v) is 3.67. The lowest BCUT2D eigenvalue weighted by Crippen LogP contribution is -2.23. The molecule has 0 radical (unpaired) electrons. The number of rotatable bonds is 3. The minimum Gasteiger partial charge on any atom is -0.363 e. The maximum absolute atomic E-state index is 14.7. The van der Waals surface area contributed by atoms with Gasteiger partial charge in [-0.15, -0.1) is 11.3 Å². The Morgan fingerprint density at radius 2 is 2.11 bits per heavy atom. The Balaban J connectivity index is 1.87. The van der Waals surface area contributed by atoms with Gasteiger partial charge in [0.05, 0.1) is 16.9 Å². The van der Waals surface area contributed by atoms with Crippen LogP contribution in [0.25, 0.3) is 5.57 Å². The molecule has 0 unspecified atom stereocenters. The molecule has 0 saturated heterocycles. The molecule has 0 saturated carbocycles. The average molecular weight is 401 g/mol. The Bertz CT molecular complexity index is 951. The second-order valence-electron chi connectivity index (χ2n) is 6.54. The molecule has 0 bridgehead atoms. The molecule has 0 fully saturated rings. The van der Waals surface area contributed by atoms with Gasteiger partial charge in [-0.3, -0.25) is 4.79 Å². The van der Waals surface area contributed by atoms with Gasteiger partial charge in [0, 0.05) is 11.4 Å². The molecule has 0 atom stereocenters. The highest BCUT2D eigenvalue weighted by molar-refractivity contribution is 7.12. The molecule has 3 rings (SSSR count). The van der Waals surface area contributed by atoms with Crippen LogP contribution in [0.4, 0.5) is 8.78 Å². The summed E-state index contributed by atoms with van der Waals surface area (Å²) in [5.41, 5.74) is 4.12. The number of hydrogen-bond donors (Lipinski definition) is 2. The van der Waals surface area contributed by atoms with Gasteiger partial charge >= 0.3 is 0 Å². The van der Waals surface area contributed by atoms with Crippen LogP contribution in [0.5, 0.6) is 0 Å². The summed E-state index contributed by atoms with van der Waals surface area (Å²) in [6.45, 7) is 5.62. The van der Waals surface area contributed by atoms with E-state index >= 15 is 0 Å². The van der Waals surface area contributed by atoms with E-state index in [2.05, 4.69) is 22.2 Å². The molecular formula is C21H21F2N3OS. The summed E-state index contributed by atoms with van der Waals surface area (Å²) >= 11 is 1.15. The molecule has 28 heavy (non-hydrogen) atoms. The first-order chi connectivity index (χ1) is 13.4. The van der Waals surface area contributed by atoms with Crippen LogP contribution < -0.4 is 10.6 Å². The normalized spacial score (nSPS) is 23.7. The van der Waals surface area contributed by atoms with Crippen molar-refractivity contribution in [2.24, 2.45) is 0 Å². The number of carbonyl (C=O) groups excluding carboxylic acids is 1. The van der Waals surface area contributed by atoms with Gasteiger partial charge in [0.1, 0.15) is 16.5 Å². The summed E-state index contributed by atoms with van der Waals surface area (Å²) in [6, 6.07) is 0. The zero-order chi connectivity index (χ0) is 20.1. The van der Waals surface area contributed by atoms with E-state index in [0.29, 0.717) is 47.5 Å². The van der Waals surface area contributed by atoms with Crippen LogP contribution in [0.1, 0.15) is 48.0 Å². The molecule has 1 aromatic heterocycles. The molecular weight excluding hydrogens is 380 g/mol. The zero-order valence-corrected chi connectivity index (χ0v) is 16.3. The largest absolute Gasteiger partial charge is 0.363 e. The Kier molecular flexibility index (Phi) is 6.36. The van der Waals surface area contributed by atoms with Crippen LogP contribution in [0.2, 0.25) is 0 Å². The monoisotopic (exact) mass is 401 g/mol. The number of thiazole rings is 1. The topological polar surface area (TPSA) is 54.0 Å². The van der Waals surface area contributed by atoms with Gasteiger partial charge in [0.2, 0.25) is 0 Å². The number of nitrogens with one attached hydrogen (secondary N) is 2. The van der Waals surface area contributed by atoms with Crippen molar-refractivity contribution in [3.8, 4) is 0 Å². The number of nitrogens with zero attached hydrogens (tertiary/aromatic N) is 1. The number of aromatic nitrogens is 1. The Morgan fingerprint density at radius 1 is 1.29 bits per heavy atom. The quantitative estimate of drug-likeness (QED) is 0.709. The summed E-state index contributed by atoms with van der Waals surface area (Å²) in [4.78, 5) is 17.3. The standard InChI is InChI=1S/C21H21F2N3OS/c1-13-6-3-4-9-18(17(23)10-14(2)25-13)26-21(27)20-19(24-12-28-20)15-7-5-8-16(22)11-15/h4,8-12,25H,1,3,5-7H2,2H3,(H,26,27)/b9-4+,14-10+,18-17-. The molecule has 1 aromatic rings. The van der Waals surface area contributed by atoms with Crippen molar-refractivity contribution in [2.75, 3.05) is 0 Å². The van der Waals surface area contributed by atoms with Gasteiger partial charge in [0.25, 0.3) is 5.91 Å². The second-order valence-corrected chi connectivity index (χ2v) is 7.39. The minimum absolute atomic E-state index is 0.0710. The van der Waals surface area contributed by atoms with E-state index in [9.17, 15) is 13.6 Å². The fourth-order valence-electron chi connectivity index (χ4n) is 2.95. The van der Waals surface area contributed by atoms with E-state index < -0.39 is 11.7 Å². The third-order valence-electron chi connectivity index (χ3n) is 4.26. The van der Waals surface area contributed by atoms with Gasteiger partial charge in [-0.25, -0.2) is 13.8 Å². The maximum Gasteiger partial charge on any atom is 0.268 e. The molecule has 2 heterocycles. The van der Waals surface area contributed by atoms with Crippen molar-refractivity contribution in [1.82, 2.24) is 15.6 Å². The van der Waals surface area contributed by atoms with Gasteiger partial charge in [-0.1, -0.05) is 12.7 Å². The van der Waals surface area contributed by atoms with Gasteiger partial charge in [-0.2, -0.15) is 0 Å². The third-order valence-corrected chi connectivity index (χ3v) is 5.09. The highest BCUT2D eigenvalue weighted by Crippen LogP contribution is 2.30. The number of amides is 1. The molecule has 7 heteroatoms. The van der Waals surface area contributed by atoms with Crippen LogP contribution in [0.15, 0.2) is 71.2 Å². The lowest BCUT2D eigenvalue weighted by molar-refractivity contribution is 0.0969. The highest BCUT2D eigenvalue weighted by Gasteiger charge is 2.20. The fraction of sp³-hybridized carbons (Fsp3) is 0.238. The molecule has 2 N–H and O–H groups in total. The second kappa shape index (κ2) is 8.93. The number of halogens is 2. The Morgan fingerprint density at radius 3 is 2.89 bits per heavy atom. The van der Waals surface area contributed by atoms with Crippen molar-refractivity contribution in [1.29, 1.82) is 0 Å². The van der Waals surface area contributed by atoms with Gasteiger partial charge in [-0.05, 0) is 62.5 Å². The van der Waals surface area contributed by atoms with Crippen molar-refractivity contribution >= 4 is 22.8 Å². The minimum atomic E-state index is -0.568. The molecule has 146 valence electrons. The van der Waals surface area contributed by atoms with Crippen molar-refractivity contribution < 1.29 is 13.6 Å². The summed E-state index contributed by atoms with van der Waals surface area (Å²) in [6.07, 6.45) is 10.1. The number of allylic oxidation sites excluding steroid dienone is 10. The van der Waals surface area contributed by atoms with E-state index in [0.717, 1.165) is 17.0 Å². The van der Waals surface area contributed by atoms with Crippen LogP contribution >= 0.6 is 11.3 Å². The van der Waals surface area contributed by atoms with E-state index in [1.54, 1.807) is 19.1 Å². The Labute approximate surface area is 166 Å². The molecule has 1 amide bonds. The summed E-state index contributed by atoms with van der Waals surface area (Å²) in [5.74, 6) is -1.37. The van der Waals surface area contributed by atoms with Crippen LogP contribution in [0, 0.1) is 0 Å². The maximum atomic E-state index is 14.7. The molecule has 0 aromatic carbocycles. The molecule has 4 nitrogen and oxygen atoms in total. The van der Waals surface area contributed by atoms with E-state index in [-0.39, 0.29) is 11.5 Å². The number of hydrogen-bond acceptors (Lipinski definition) is 4. The predicted molar refractivity (Wildman–Crippen MR) is 109 cm³/mol. The van der Waals surface area contributed by atoms with Crippen molar-refractivity contribution in [3.63, 3.8) is 0 Å². The molecule has 2 aliphatic rings. The highest BCUT2D eigenvalue weighted by atomic mass is 32.1. The molecule has 1 aliphatic heterocycles. The molecule has 0 spiro atoms. The first kappa shape index (κ1) is 19.9. The lowest BCUT2D eigenvalue weighted by atomic mass is 10.0. The lowest BCUT2D eigenvalue weighted by Gasteiger charge is -2.13. The first-order valence-corrected chi connectivity index (χ1v) is 9.83. The Hall–Kier alpha value is -2.80. The zero-order valence-electron chi connectivity index (χ0n) is 15.5. The number of carbonyl (C=O) groups is 1. The van der Waals surface area contributed by atoms with E-state index in [1.807, 2.05) is 0 Å². The predicted octanol–water partition coefficient (Wildman–Crippen LogP) is 5.44. The van der Waals surface area contributed by atoms with Crippen LogP contribution in [-0.2, 0) is 0 Å². The third kappa shape index (κ3) is 4.92. The first-order valence-electron chi connectivity index (χ1n) is 8.95. The smallest absolute Gasteiger partial charge is 0.268 e. The van der Waals surface area contributed by atoms with Crippen LogP contribution in [0.3, 0.4) is 0 Å². The van der Waals surface area contributed by atoms with E-state index in [4.69, 9.17) is 0 Å². The van der Waals surface area contributed by atoms with Gasteiger partial charge < -0.3 is 10.6 Å². The summed E-state index contributed by atoms with van der Waals surface area (Å²) in [7, 11) is 0. The summed E-state index contributed by atoms with van der Waals surface area (Å²) < 4.78 is 28.3. The van der Waals surface area contributed by atoms with Gasteiger partial charge in [0.15, 0.2) is 0 Å². The molecule has 1 aliphatic carbocycles. The van der Waals surface area contributed by atoms with E-state index in [1.165, 1.54) is 23.7 Å². The summed E-state index contributed by atoms with van der Waals surface area (Å²) in [5, 5.41) is 5.66.